The highest BCUT2D eigenvalue weighted by molar-refractivity contribution is 8.14. The Kier molecular flexibility index (Phi) is 7.25. The second-order valence-electron chi connectivity index (χ2n) is 5.32. The van der Waals surface area contributed by atoms with Gasteiger partial charge in [0.2, 0.25) is 5.17 Å². The molecular weight excluding hydrogens is 388 g/mol. The number of hydrogen-bond acceptors (Lipinski definition) is 7. The van der Waals surface area contributed by atoms with Crippen LogP contribution in [0.4, 0.5) is 5.69 Å². The fraction of sp³-hybridized carbons (Fsp3) is 0.118. The molecule has 2 aromatic rings. The number of carboxylic acid groups (broad SMARTS) is 1. The van der Waals surface area contributed by atoms with Gasteiger partial charge in [-0.2, -0.15) is 5.10 Å². The Morgan fingerprint density at radius 1 is 1.15 bits per heavy atom. The number of hydrogen-bond donors (Lipinski definition) is 3. The van der Waals surface area contributed by atoms with Crippen molar-refractivity contribution in [3.63, 3.8) is 0 Å². The van der Waals surface area contributed by atoms with Crippen molar-refractivity contribution in [1.29, 1.82) is 0 Å². The summed E-state index contributed by atoms with van der Waals surface area (Å²) in [5.74, 6) is 10.2. The first kappa shape index (κ1) is 20.8. The molecule has 2 aromatic carbocycles. The molecule has 1 atom stereocenters. The third kappa shape index (κ3) is 5.47. The monoisotopic (exact) mass is 406 g/mol. The van der Waals surface area contributed by atoms with Crippen LogP contribution < -0.4 is 16.7 Å². The van der Waals surface area contributed by atoms with Crippen LogP contribution in [0.2, 0.25) is 0 Å². The Hall–Kier alpha value is -2.53. The van der Waals surface area contributed by atoms with Crippen molar-refractivity contribution in [2.75, 3.05) is 17.0 Å². The third-order valence-corrected chi connectivity index (χ3v) is 5.45. The molecule has 27 heavy (non-hydrogen) atoms. The van der Waals surface area contributed by atoms with Crippen LogP contribution in [0, 0.1) is 0 Å². The number of benzene rings is 2. The van der Waals surface area contributed by atoms with E-state index in [1.165, 1.54) is 29.3 Å². The Balaban J connectivity index is 2.01. The Bertz CT molecular complexity index is 839. The van der Waals surface area contributed by atoms with Gasteiger partial charge < -0.3 is 15.5 Å². The number of amidine groups is 1. The maximum atomic E-state index is 12.3. The SMILES string of the molecule is C[S+]([O-])c1ccc(C(=O)CS/C(=N/N)N(N)c2ccc(C(=O)O)cc2)cc1. The summed E-state index contributed by atoms with van der Waals surface area (Å²) in [6.07, 6.45) is 1.56. The van der Waals surface area contributed by atoms with Crippen LogP contribution in [0.25, 0.3) is 0 Å². The lowest BCUT2D eigenvalue weighted by Gasteiger charge is -2.19. The van der Waals surface area contributed by atoms with Gasteiger partial charge in [0.1, 0.15) is 6.26 Å². The predicted molar refractivity (Wildman–Crippen MR) is 107 cm³/mol. The maximum Gasteiger partial charge on any atom is 0.335 e. The van der Waals surface area contributed by atoms with E-state index in [0.29, 0.717) is 16.1 Å². The van der Waals surface area contributed by atoms with Gasteiger partial charge in [0.15, 0.2) is 10.7 Å². The van der Waals surface area contributed by atoms with Gasteiger partial charge in [0.25, 0.3) is 0 Å². The minimum absolute atomic E-state index is 0.0471. The summed E-state index contributed by atoms with van der Waals surface area (Å²) >= 11 is -0.0587. The summed E-state index contributed by atoms with van der Waals surface area (Å²) in [5, 5.41) is 13.9. The molecule has 0 spiro atoms. The maximum absolute atomic E-state index is 12.3. The van der Waals surface area contributed by atoms with E-state index in [0.717, 1.165) is 11.8 Å². The van der Waals surface area contributed by atoms with Gasteiger partial charge >= 0.3 is 5.97 Å². The molecule has 2 rings (SSSR count). The number of carbonyl (C=O) groups excluding carboxylic acids is 1. The zero-order chi connectivity index (χ0) is 20.0. The van der Waals surface area contributed by atoms with E-state index in [9.17, 15) is 14.1 Å². The molecular formula is C17H18N4O4S2. The average molecular weight is 406 g/mol. The number of Topliss-reactive ketones (excluding diaryl/α,β-unsaturated/α-hetero) is 1. The van der Waals surface area contributed by atoms with Crippen molar-refractivity contribution in [1.82, 2.24) is 0 Å². The highest BCUT2D eigenvalue weighted by Gasteiger charge is 2.15. The van der Waals surface area contributed by atoms with Crippen molar-refractivity contribution < 1.29 is 19.2 Å². The van der Waals surface area contributed by atoms with Gasteiger partial charge in [-0.15, -0.1) is 0 Å². The van der Waals surface area contributed by atoms with Crippen LogP contribution in [0.5, 0.6) is 0 Å². The minimum Gasteiger partial charge on any atom is -0.612 e. The van der Waals surface area contributed by atoms with E-state index in [1.54, 1.807) is 30.5 Å². The molecule has 0 bridgehead atoms. The molecule has 5 N–H and O–H groups in total. The number of nitrogens with zero attached hydrogens (tertiary/aromatic N) is 2. The van der Waals surface area contributed by atoms with Gasteiger partial charge in [0, 0.05) is 5.56 Å². The summed E-state index contributed by atoms with van der Waals surface area (Å²) < 4.78 is 11.4. The predicted octanol–water partition coefficient (Wildman–Crippen LogP) is 1.65. The van der Waals surface area contributed by atoms with E-state index < -0.39 is 17.1 Å². The number of rotatable bonds is 6. The Morgan fingerprint density at radius 2 is 1.70 bits per heavy atom. The first-order valence-corrected chi connectivity index (χ1v) is 10.1. The first-order chi connectivity index (χ1) is 12.8. The van der Waals surface area contributed by atoms with Gasteiger partial charge in [0.05, 0.1) is 17.0 Å². The van der Waals surface area contributed by atoms with Crippen molar-refractivity contribution >= 4 is 45.5 Å². The smallest absolute Gasteiger partial charge is 0.335 e. The topological polar surface area (TPSA) is 145 Å². The van der Waals surface area contributed by atoms with E-state index in [1.807, 2.05) is 0 Å². The molecule has 0 fully saturated rings. The Labute approximate surface area is 163 Å². The molecule has 142 valence electrons. The molecule has 0 saturated heterocycles. The largest absolute Gasteiger partial charge is 0.612 e. The quantitative estimate of drug-likeness (QED) is 0.164. The number of carbonyl (C=O) groups is 2. The lowest BCUT2D eigenvalue weighted by Crippen LogP contribution is -2.37. The van der Waals surface area contributed by atoms with Gasteiger partial charge in [-0.05, 0) is 59.7 Å². The van der Waals surface area contributed by atoms with Crippen LogP contribution in [0.3, 0.4) is 0 Å². The van der Waals surface area contributed by atoms with Crippen LogP contribution >= 0.6 is 11.8 Å². The number of thioether (sulfide) groups is 1. The highest BCUT2D eigenvalue weighted by atomic mass is 32.2. The number of aromatic carboxylic acids is 1. The number of anilines is 1. The van der Waals surface area contributed by atoms with Crippen LogP contribution in [-0.4, -0.2) is 38.6 Å². The number of ketones is 1. The molecule has 0 radical (unpaired) electrons. The van der Waals surface area contributed by atoms with E-state index in [-0.39, 0.29) is 22.3 Å². The van der Waals surface area contributed by atoms with Crippen molar-refractivity contribution in [2.24, 2.45) is 16.8 Å². The third-order valence-electron chi connectivity index (χ3n) is 3.55. The fourth-order valence-electron chi connectivity index (χ4n) is 2.09. The summed E-state index contributed by atoms with van der Waals surface area (Å²) in [4.78, 5) is 23.8. The molecule has 0 amide bonds. The first-order valence-electron chi connectivity index (χ1n) is 7.59. The lowest BCUT2D eigenvalue weighted by molar-refractivity contribution is 0.0696. The number of hydrazine groups is 1. The minimum atomic E-state index is -1.11. The van der Waals surface area contributed by atoms with E-state index in [2.05, 4.69) is 5.10 Å². The standard InChI is InChI=1S/C17H18N4O4S2/c1-27(25)14-8-4-11(5-9-14)15(22)10-26-17(20-18)21(19)13-6-2-12(3-7-13)16(23)24/h2-9H,10,18-19H2,1H3,(H,23,24)/b20-17+. The normalized spacial score (nSPS) is 12.5. The number of hydrazone groups is 1. The van der Waals surface area contributed by atoms with E-state index in [4.69, 9.17) is 16.8 Å². The number of nitrogens with two attached hydrogens (primary N) is 2. The van der Waals surface area contributed by atoms with Gasteiger partial charge in [-0.25, -0.2) is 10.6 Å². The molecule has 10 heteroatoms. The molecule has 0 heterocycles. The summed E-state index contributed by atoms with van der Waals surface area (Å²) in [5.41, 5.74) is 1.07. The van der Waals surface area contributed by atoms with Gasteiger partial charge in [-0.1, -0.05) is 11.8 Å². The molecule has 0 saturated carbocycles. The van der Waals surface area contributed by atoms with Crippen molar-refractivity contribution in [3.05, 3.63) is 59.7 Å². The number of carboxylic acids is 1. The van der Waals surface area contributed by atoms with E-state index >= 15 is 0 Å². The molecule has 0 aromatic heterocycles. The van der Waals surface area contributed by atoms with Crippen molar-refractivity contribution in [3.8, 4) is 0 Å². The van der Waals surface area contributed by atoms with Crippen LogP contribution in [0.15, 0.2) is 58.5 Å². The summed E-state index contributed by atoms with van der Waals surface area (Å²) in [6.45, 7) is 0. The van der Waals surface area contributed by atoms with Crippen LogP contribution in [0.1, 0.15) is 20.7 Å². The molecule has 0 aliphatic rings. The second kappa shape index (κ2) is 9.42. The summed E-state index contributed by atoms with van der Waals surface area (Å²) in [6, 6.07) is 12.4. The average Bonchev–Trinajstić information content (AvgIpc) is 2.68. The zero-order valence-corrected chi connectivity index (χ0v) is 16.0. The van der Waals surface area contributed by atoms with Gasteiger partial charge in [-0.3, -0.25) is 9.80 Å². The molecule has 0 aliphatic carbocycles. The molecule has 0 aliphatic heterocycles. The second-order valence-corrected chi connectivity index (χ2v) is 7.65. The fourth-order valence-corrected chi connectivity index (χ4v) is 3.36. The zero-order valence-electron chi connectivity index (χ0n) is 14.4. The van der Waals surface area contributed by atoms with Crippen LogP contribution in [-0.2, 0) is 11.2 Å². The van der Waals surface area contributed by atoms with Crippen molar-refractivity contribution in [2.45, 2.75) is 4.90 Å². The lowest BCUT2D eigenvalue weighted by atomic mass is 10.1. The molecule has 8 nitrogen and oxygen atoms in total. The Morgan fingerprint density at radius 3 is 2.19 bits per heavy atom. The highest BCUT2D eigenvalue weighted by Crippen LogP contribution is 2.19. The summed E-state index contributed by atoms with van der Waals surface area (Å²) in [7, 11) is 0. The molecule has 1 unspecified atom stereocenters.